The summed E-state index contributed by atoms with van der Waals surface area (Å²) in [6.45, 7) is 3.91. The quantitative estimate of drug-likeness (QED) is 0.481. The van der Waals surface area contributed by atoms with Crippen molar-refractivity contribution in [2.75, 3.05) is 5.32 Å². The largest absolute Gasteiger partial charge is 0.345 e. The Hall–Kier alpha value is -2.92. The molecule has 4 nitrogen and oxygen atoms in total. The molecule has 0 bridgehead atoms. The second kappa shape index (κ2) is 9.48. The number of anilines is 1. The van der Waals surface area contributed by atoms with Crippen LogP contribution in [0.3, 0.4) is 0 Å². The molecule has 31 heavy (non-hydrogen) atoms. The van der Waals surface area contributed by atoms with Crippen LogP contribution in [0.5, 0.6) is 0 Å². The first-order valence-corrected chi connectivity index (χ1v) is 11.7. The van der Waals surface area contributed by atoms with Gasteiger partial charge in [0, 0.05) is 10.4 Å². The van der Waals surface area contributed by atoms with Crippen LogP contribution in [0.25, 0.3) is 0 Å². The van der Waals surface area contributed by atoms with E-state index in [1.54, 1.807) is 11.3 Å². The number of carbonyl (C=O) groups is 2. The molecule has 0 unspecified atom stereocenters. The van der Waals surface area contributed by atoms with E-state index in [2.05, 4.69) is 10.6 Å². The van der Waals surface area contributed by atoms with E-state index in [9.17, 15) is 9.59 Å². The van der Waals surface area contributed by atoms with Crippen LogP contribution in [0.15, 0.2) is 54.6 Å². The van der Waals surface area contributed by atoms with Gasteiger partial charge in [-0.2, -0.15) is 0 Å². The molecule has 0 saturated carbocycles. The van der Waals surface area contributed by atoms with Crippen molar-refractivity contribution in [3.8, 4) is 0 Å². The zero-order valence-electron chi connectivity index (χ0n) is 18.0. The van der Waals surface area contributed by atoms with Crippen LogP contribution in [0.2, 0.25) is 0 Å². The van der Waals surface area contributed by atoms with Crippen LogP contribution in [0, 0.1) is 6.92 Å². The number of benzene rings is 2. The van der Waals surface area contributed by atoms with Crippen molar-refractivity contribution in [2.24, 2.45) is 0 Å². The predicted octanol–water partition coefficient (Wildman–Crippen LogP) is 6.07. The summed E-state index contributed by atoms with van der Waals surface area (Å²) in [5.74, 6) is -0.282. The van der Waals surface area contributed by atoms with Crippen LogP contribution in [-0.2, 0) is 12.8 Å². The molecule has 160 valence electrons. The van der Waals surface area contributed by atoms with Crippen LogP contribution in [-0.4, -0.2) is 11.8 Å². The Bertz CT molecular complexity index is 1090. The third-order valence-electron chi connectivity index (χ3n) is 5.91. The van der Waals surface area contributed by atoms with Crippen LogP contribution in [0.1, 0.15) is 74.5 Å². The Morgan fingerprint density at radius 2 is 1.61 bits per heavy atom. The van der Waals surface area contributed by atoms with E-state index in [0.717, 1.165) is 42.4 Å². The van der Waals surface area contributed by atoms with Crippen molar-refractivity contribution in [1.82, 2.24) is 5.32 Å². The fourth-order valence-corrected chi connectivity index (χ4v) is 5.44. The summed E-state index contributed by atoms with van der Waals surface area (Å²) in [5.41, 5.74) is 4.37. The molecule has 1 heterocycles. The molecule has 0 radical (unpaired) electrons. The molecule has 1 aliphatic rings. The molecule has 0 spiro atoms. The lowest BCUT2D eigenvalue weighted by Gasteiger charge is -2.16. The van der Waals surface area contributed by atoms with E-state index in [4.69, 9.17) is 0 Å². The van der Waals surface area contributed by atoms with Crippen molar-refractivity contribution in [3.63, 3.8) is 0 Å². The lowest BCUT2D eigenvalue weighted by Crippen LogP contribution is -2.28. The normalized spacial score (nSPS) is 14.3. The first-order valence-electron chi connectivity index (χ1n) is 10.9. The molecule has 2 amide bonds. The molecule has 0 aliphatic heterocycles. The lowest BCUT2D eigenvalue weighted by molar-refractivity contribution is 0.0940. The van der Waals surface area contributed by atoms with Gasteiger partial charge in [0.2, 0.25) is 0 Å². The van der Waals surface area contributed by atoms with Crippen molar-refractivity contribution in [2.45, 2.75) is 52.0 Å². The molecule has 2 N–H and O–H groups in total. The van der Waals surface area contributed by atoms with E-state index in [-0.39, 0.29) is 17.9 Å². The molecule has 5 heteroatoms. The first-order chi connectivity index (χ1) is 15.0. The van der Waals surface area contributed by atoms with Gasteiger partial charge in [-0.05, 0) is 62.3 Å². The molecule has 1 aliphatic carbocycles. The molecule has 0 fully saturated rings. The number of aryl methyl sites for hydroxylation is 2. The highest BCUT2D eigenvalue weighted by molar-refractivity contribution is 7.17. The minimum absolute atomic E-state index is 0.115. The number of rotatable bonds is 5. The van der Waals surface area contributed by atoms with E-state index >= 15 is 0 Å². The Kier molecular flexibility index (Phi) is 6.52. The number of hydrogen-bond donors (Lipinski definition) is 2. The average molecular weight is 433 g/mol. The molecule has 0 saturated heterocycles. The number of thiophene rings is 1. The molecule has 2 aromatic carbocycles. The summed E-state index contributed by atoms with van der Waals surface area (Å²) < 4.78 is 0. The second-order valence-electron chi connectivity index (χ2n) is 8.14. The van der Waals surface area contributed by atoms with E-state index in [1.807, 2.05) is 68.4 Å². The SMILES string of the molecule is Cc1ccccc1C(=O)Nc1sc2c(c1C(=O)N[C@@H](C)c1ccccc1)CCCCC2. The van der Waals surface area contributed by atoms with E-state index in [0.29, 0.717) is 16.1 Å². The fraction of sp³-hybridized carbons (Fsp3) is 0.308. The van der Waals surface area contributed by atoms with Crippen molar-refractivity contribution in [3.05, 3.63) is 87.3 Å². The monoisotopic (exact) mass is 432 g/mol. The maximum absolute atomic E-state index is 13.4. The lowest BCUT2D eigenvalue weighted by atomic mass is 10.0. The number of carbonyl (C=O) groups excluding carboxylic acids is 2. The number of fused-ring (bicyclic) bond motifs is 1. The number of hydrogen-bond acceptors (Lipinski definition) is 3. The van der Waals surface area contributed by atoms with Crippen molar-refractivity contribution < 1.29 is 9.59 Å². The first kappa shape index (κ1) is 21.3. The van der Waals surface area contributed by atoms with Crippen LogP contribution in [0.4, 0.5) is 5.00 Å². The average Bonchev–Trinajstić information content (AvgIpc) is 2.95. The van der Waals surface area contributed by atoms with Crippen LogP contribution < -0.4 is 10.6 Å². The summed E-state index contributed by atoms with van der Waals surface area (Å²) in [7, 11) is 0. The molecular formula is C26H28N2O2S. The van der Waals surface area contributed by atoms with Gasteiger partial charge in [0.05, 0.1) is 11.6 Å². The van der Waals surface area contributed by atoms with Crippen LogP contribution >= 0.6 is 11.3 Å². The van der Waals surface area contributed by atoms with E-state index in [1.165, 1.54) is 11.3 Å². The Morgan fingerprint density at radius 1 is 0.903 bits per heavy atom. The van der Waals surface area contributed by atoms with Gasteiger partial charge in [-0.3, -0.25) is 9.59 Å². The zero-order valence-corrected chi connectivity index (χ0v) is 18.9. The highest BCUT2D eigenvalue weighted by Crippen LogP contribution is 2.38. The highest BCUT2D eigenvalue weighted by atomic mass is 32.1. The summed E-state index contributed by atoms with van der Waals surface area (Å²) >= 11 is 1.56. The third kappa shape index (κ3) is 4.72. The molecule has 4 rings (SSSR count). The molecule has 1 atom stereocenters. The third-order valence-corrected chi connectivity index (χ3v) is 7.12. The fourth-order valence-electron chi connectivity index (χ4n) is 4.16. The Labute approximate surface area is 187 Å². The number of nitrogens with one attached hydrogen (secondary N) is 2. The maximum Gasteiger partial charge on any atom is 0.256 e. The van der Waals surface area contributed by atoms with Gasteiger partial charge in [-0.1, -0.05) is 55.0 Å². The van der Waals surface area contributed by atoms with Crippen molar-refractivity contribution in [1.29, 1.82) is 0 Å². The van der Waals surface area contributed by atoms with Gasteiger partial charge in [-0.15, -0.1) is 11.3 Å². The minimum atomic E-state index is -0.167. The molecular weight excluding hydrogens is 404 g/mol. The van der Waals surface area contributed by atoms with E-state index < -0.39 is 0 Å². The van der Waals surface area contributed by atoms with Crippen molar-refractivity contribution >= 4 is 28.2 Å². The minimum Gasteiger partial charge on any atom is -0.345 e. The highest BCUT2D eigenvalue weighted by Gasteiger charge is 2.27. The summed E-state index contributed by atoms with van der Waals surface area (Å²) in [6, 6.07) is 17.4. The summed E-state index contributed by atoms with van der Waals surface area (Å²) in [6.07, 6.45) is 5.22. The van der Waals surface area contributed by atoms with Gasteiger partial charge in [0.15, 0.2) is 0 Å². The molecule has 1 aromatic heterocycles. The van der Waals surface area contributed by atoms with Gasteiger partial charge in [-0.25, -0.2) is 0 Å². The standard InChI is InChI=1S/C26H28N2O2S/c1-17-11-9-10-14-20(17)24(29)28-26-23(21-15-7-4-8-16-22(21)31-26)25(30)27-18(2)19-12-5-3-6-13-19/h3,5-6,9-14,18H,4,7-8,15-16H2,1-2H3,(H,27,30)(H,28,29)/t18-/m0/s1. The predicted molar refractivity (Wildman–Crippen MR) is 127 cm³/mol. The Balaban J connectivity index is 1.65. The summed E-state index contributed by atoms with van der Waals surface area (Å²) in [4.78, 5) is 27.7. The van der Waals surface area contributed by atoms with Gasteiger partial charge in [0.1, 0.15) is 5.00 Å². The number of amides is 2. The maximum atomic E-state index is 13.4. The van der Waals surface area contributed by atoms with Gasteiger partial charge < -0.3 is 10.6 Å². The Morgan fingerprint density at radius 3 is 2.39 bits per heavy atom. The van der Waals surface area contributed by atoms with Gasteiger partial charge >= 0.3 is 0 Å². The second-order valence-corrected chi connectivity index (χ2v) is 9.25. The summed E-state index contributed by atoms with van der Waals surface area (Å²) in [5, 5.41) is 6.87. The zero-order chi connectivity index (χ0) is 21.8. The topological polar surface area (TPSA) is 58.2 Å². The van der Waals surface area contributed by atoms with Gasteiger partial charge in [0.25, 0.3) is 11.8 Å². The smallest absolute Gasteiger partial charge is 0.256 e. The molecule has 3 aromatic rings.